The van der Waals surface area contributed by atoms with Gasteiger partial charge in [0, 0.05) is 26.2 Å². The van der Waals surface area contributed by atoms with Crippen LogP contribution in [0.2, 0.25) is 0 Å². The van der Waals surface area contributed by atoms with Crippen LogP contribution >= 0.6 is 0 Å². The van der Waals surface area contributed by atoms with E-state index in [1.807, 2.05) is 24.9 Å². The van der Waals surface area contributed by atoms with Crippen LogP contribution in [0.25, 0.3) is 0 Å². The number of nitrogen functional groups attached to an aromatic ring is 1. The average Bonchev–Trinajstić information content (AvgIpc) is 2.16. The summed E-state index contributed by atoms with van der Waals surface area (Å²) in [4.78, 5) is 10.2. The van der Waals surface area contributed by atoms with Gasteiger partial charge in [0.15, 0.2) is 0 Å². The fourth-order valence-electron chi connectivity index (χ4n) is 1.08. The summed E-state index contributed by atoms with van der Waals surface area (Å²) in [7, 11) is 1.97. The van der Waals surface area contributed by atoms with Crippen molar-refractivity contribution < 1.29 is 0 Å². The molecule has 78 valence electrons. The largest absolute Gasteiger partial charge is 0.370 e. The van der Waals surface area contributed by atoms with Crippen molar-refractivity contribution in [2.45, 2.75) is 13.8 Å². The summed E-state index contributed by atoms with van der Waals surface area (Å²) in [6.07, 6.45) is 0. The minimum absolute atomic E-state index is 0.304. The molecule has 1 rings (SSSR count). The lowest BCUT2D eigenvalue weighted by molar-refractivity contribution is 0.931. The molecule has 0 bridgehead atoms. The Kier molecular flexibility index (Phi) is 3.50. The van der Waals surface area contributed by atoms with Crippen molar-refractivity contribution in [2.75, 3.05) is 36.1 Å². The molecule has 5 heteroatoms. The fourth-order valence-corrected chi connectivity index (χ4v) is 1.08. The maximum Gasteiger partial charge on any atom is 0.223 e. The molecule has 14 heavy (non-hydrogen) atoms. The molecule has 0 aliphatic heterocycles. The van der Waals surface area contributed by atoms with Gasteiger partial charge in [0.1, 0.15) is 11.6 Å². The first kappa shape index (κ1) is 10.6. The highest BCUT2D eigenvalue weighted by atomic mass is 15.2. The quantitative estimate of drug-likeness (QED) is 0.748. The summed E-state index contributed by atoms with van der Waals surface area (Å²) in [5, 5.41) is 3.11. The van der Waals surface area contributed by atoms with Crippen molar-refractivity contribution in [3.63, 3.8) is 0 Å². The van der Waals surface area contributed by atoms with Crippen molar-refractivity contribution >= 4 is 17.6 Å². The van der Waals surface area contributed by atoms with Gasteiger partial charge in [-0.3, -0.25) is 0 Å². The van der Waals surface area contributed by atoms with Crippen LogP contribution < -0.4 is 16.0 Å². The number of hydrogen-bond donors (Lipinski definition) is 2. The van der Waals surface area contributed by atoms with E-state index in [0.29, 0.717) is 5.95 Å². The van der Waals surface area contributed by atoms with E-state index in [4.69, 9.17) is 5.73 Å². The van der Waals surface area contributed by atoms with Gasteiger partial charge in [-0.1, -0.05) is 0 Å². The number of nitrogens with one attached hydrogen (secondary N) is 1. The normalized spacial score (nSPS) is 9.93. The summed E-state index contributed by atoms with van der Waals surface area (Å²) >= 11 is 0. The summed E-state index contributed by atoms with van der Waals surface area (Å²) in [6, 6.07) is 1.89. The van der Waals surface area contributed by atoms with E-state index < -0.39 is 0 Å². The average molecular weight is 195 g/mol. The molecule has 3 N–H and O–H groups in total. The zero-order valence-electron chi connectivity index (χ0n) is 8.91. The van der Waals surface area contributed by atoms with Crippen LogP contribution in [0.5, 0.6) is 0 Å². The Balaban J connectivity index is 2.94. The van der Waals surface area contributed by atoms with Gasteiger partial charge in [-0.05, 0) is 13.8 Å². The van der Waals surface area contributed by atoms with Gasteiger partial charge in [-0.25, -0.2) is 0 Å². The zero-order valence-corrected chi connectivity index (χ0v) is 8.91. The first-order valence-corrected chi connectivity index (χ1v) is 4.77. The van der Waals surface area contributed by atoms with E-state index >= 15 is 0 Å². The minimum Gasteiger partial charge on any atom is -0.370 e. The number of aromatic nitrogens is 2. The number of nitrogens with zero attached hydrogens (tertiary/aromatic N) is 3. The summed E-state index contributed by atoms with van der Waals surface area (Å²) in [6.45, 7) is 5.79. The van der Waals surface area contributed by atoms with Crippen molar-refractivity contribution in [1.29, 1.82) is 0 Å². The monoisotopic (exact) mass is 195 g/mol. The Morgan fingerprint density at radius 1 is 1.43 bits per heavy atom. The predicted molar refractivity (Wildman–Crippen MR) is 59.6 cm³/mol. The van der Waals surface area contributed by atoms with Gasteiger partial charge in [0.05, 0.1) is 0 Å². The summed E-state index contributed by atoms with van der Waals surface area (Å²) < 4.78 is 0. The van der Waals surface area contributed by atoms with Gasteiger partial charge in [0.2, 0.25) is 5.95 Å². The van der Waals surface area contributed by atoms with Crippen LogP contribution in [0.15, 0.2) is 6.07 Å². The molecule has 0 atom stereocenters. The lowest BCUT2D eigenvalue weighted by Crippen LogP contribution is -2.18. The van der Waals surface area contributed by atoms with Crippen molar-refractivity contribution in [3.8, 4) is 0 Å². The summed E-state index contributed by atoms with van der Waals surface area (Å²) in [5.41, 5.74) is 5.59. The third kappa shape index (κ3) is 2.48. The van der Waals surface area contributed by atoms with E-state index in [1.165, 1.54) is 0 Å². The van der Waals surface area contributed by atoms with Crippen LogP contribution in [0, 0.1) is 0 Å². The molecule has 0 spiro atoms. The van der Waals surface area contributed by atoms with Crippen LogP contribution in [-0.4, -0.2) is 30.1 Å². The molecule has 1 aromatic heterocycles. The molecule has 5 nitrogen and oxygen atoms in total. The Labute approximate surface area is 84.3 Å². The molecule has 0 aliphatic carbocycles. The van der Waals surface area contributed by atoms with Gasteiger partial charge in [-0.2, -0.15) is 9.97 Å². The van der Waals surface area contributed by atoms with Crippen molar-refractivity contribution in [2.24, 2.45) is 0 Å². The molecule has 0 radical (unpaired) electrons. The molecule has 0 aliphatic rings. The van der Waals surface area contributed by atoms with E-state index in [1.54, 1.807) is 0 Å². The standard InChI is InChI=1S/C9H17N5/c1-4-11-7-6-8(14(3)5-2)13-9(10)12-7/h6H,4-5H2,1-3H3,(H3,10,11,12,13). The Morgan fingerprint density at radius 3 is 2.71 bits per heavy atom. The Bertz CT molecular complexity index is 299. The number of hydrogen-bond acceptors (Lipinski definition) is 5. The molecular weight excluding hydrogens is 178 g/mol. The third-order valence-corrected chi connectivity index (χ3v) is 1.95. The maximum atomic E-state index is 5.59. The predicted octanol–water partition coefficient (Wildman–Crippen LogP) is 0.947. The Hall–Kier alpha value is -1.52. The molecule has 1 heterocycles. The second-order valence-electron chi connectivity index (χ2n) is 3.01. The van der Waals surface area contributed by atoms with Gasteiger partial charge in [-0.15, -0.1) is 0 Å². The molecule has 0 aromatic carbocycles. The summed E-state index contributed by atoms with van der Waals surface area (Å²) in [5.74, 6) is 1.92. The lowest BCUT2D eigenvalue weighted by atomic mass is 10.4. The third-order valence-electron chi connectivity index (χ3n) is 1.95. The fraction of sp³-hybridized carbons (Fsp3) is 0.556. The van der Waals surface area contributed by atoms with Gasteiger partial charge in [0.25, 0.3) is 0 Å². The second kappa shape index (κ2) is 4.64. The number of nitrogens with two attached hydrogens (primary N) is 1. The van der Waals surface area contributed by atoms with E-state index in [2.05, 4.69) is 22.2 Å². The van der Waals surface area contributed by atoms with Crippen LogP contribution in [0.1, 0.15) is 13.8 Å². The van der Waals surface area contributed by atoms with E-state index in [9.17, 15) is 0 Å². The van der Waals surface area contributed by atoms with Crippen molar-refractivity contribution in [1.82, 2.24) is 9.97 Å². The first-order valence-electron chi connectivity index (χ1n) is 4.77. The highest BCUT2D eigenvalue weighted by Gasteiger charge is 2.04. The SMILES string of the molecule is CCNc1cc(N(C)CC)nc(N)n1. The topological polar surface area (TPSA) is 67.1 Å². The van der Waals surface area contributed by atoms with E-state index in [-0.39, 0.29) is 0 Å². The zero-order chi connectivity index (χ0) is 10.6. The molecule has 0 fully saturated rings. The van der Waals surface area contributed by atoms with Gasteiger partial charge >= 0.3 is 0 Å². The smallest absolute Gasteiger partial charge is 0.223 e. The molecule has 0 saturated carbocycles. The lowest BCUT2D eigenvalue weighted by Gasteiger charge is -2.16. The highest BCUT2D eigenvalue weighted by Crippen LogP contribution is 2.15. The van der Waals surface area contributed by atoms with E-state index in [0.717, 1.165) is 24.7 Å². The minimum atomic E-state index is 0.304. The van der Waals surface area contributed by atoms with Crippen LogP contribution in [0.4, 0.5) is 17.6 Å². The van der Waals surface area contributed by atoms with Gasteiger partial charge < -0.3 is 16.0 Å². The first-order chi connectivity index (χ1) is 6.67. The van der Waals surface area contributed by atoms with Crippen LogP contribution in [0.3, 0.4) is 0 Å². The molecule has 1 aromatic rings. The maximum absolute atomic E-state index is 5.59. The molecule has 0 saturated heterocycles. The number of rotatable bonds is 4. The molecule has 0 unspecified atom stereocenters. The molecule has 0 amide bonds. The van der Waals surface area contributed by atoms with Crippen LogP contribution in [-0.2, 0) is 0 Å². The number of anilines is 3. The second-order valence-corrected chi connectivity index (χ2v) is 3.01. The highest BCUT2D eigenvalue weighted by molar-refractivity contribution is 5.52. The van der Waals surface area contributed by atoms with Crippen molar-refractivity contribution in [3.05, 3.63) is 6.07 Å². The molecular formula is C9H17N5. The Morgan fingerprint density at radius 2 is 2.14 bits per heavy atom.